The molecule has 0 saturated carbocycles. The van der Waals surface area contributed by atoms with Crippen LogP contribution in [0.3, 0.4) is 0 Å². The van der Waals surface area contributed by atoms with Gasteiger partial charge in [-0.1, -0.05) is 49.4 Å². The highest BCUT2D eigenvalue weighted by Gasteiger charge is 2.36. The Morgan fingerprint density at radius 3 is 2.60 bits per heavy atom. The number of nitrogens with two attached hydrogens (primary N) is 1. The van der Waals surface area contributed by atoms with Gasteiger partial charge in [0.05, 0.1) is 11.6 Å². The molecule has 25 heavy (non-hydrogen) atoms. The summed E-state index contributed by atoms with van der Waals surface area (Å²) < 4.78 is 0. The quantitative estimate of drug-likeness (QED) is 0.872. The summed E-state index contributed by atoms with van der Waals surface area (Å²) in [4.78, 5) is 17.9. The minimum absolute atomic E-state index is 0.255. The van der Waals surface area contributed by atoms with Crippen molar-refractivity contribution >= 4 is 12.2 Å². The molecule has 2 aromatic rings. The Morgan fingerprint density at radius 2 is 1.96 bits per heavy atom. The monoisotopic (exact) mass is 335 g/mol. The van der Waals surface area contributed by atoms with Crippen LogP contribution in [0.5, 0.6) is 0 Å². The highest BCUT2D eigenvalue weighted by Crippen LogP contribution is 2.36. The van der Waals surface area contributed by atoms with Gasteiger partial charge in [0, 0.05) is 13.5 Å². The Kier molecular flexibility index (Phi) is 4.62. The number of guanidine groups is 1. The molecule has 1 heterocycles. The second kappa shape index (κ2) is 6.71. The molecular weight excluding hydrogens is 310 g/mol. The molecule has 0 aliphatic carbocycles. The number of rotatable bonds is 4. The fourth-order valence-corrected chi connectivity index (χ4v) is 3.38. The zero-order valence-corrected chi connectivity index (χ0v) is 15.1. The van der Waals surface area contributed by atoms with Gasteiger partial charge in [-0.25, -0.2) is 4.99 Å². The molecule has 2 N–H and O–H groups in total. The van der Waals surface area contributed by atoms with E-state index < -0.39 is 5.54 Å². The van der Waals surface area contributed by atoms with Crippen molar-refractivity contribution in [1.82, 2.24) is 4.90 Å². The third-order valence-electron chi connectivity index (χ3n) is 5.16. The lowest BCUT2D eigenvalue weighted by Gasteiger charge is -2.39. The van der Waals surface area contributed by atoms with E-state index in [0.29, 0.717) is 12.4 Å². The molecule has 0 saturated heterocycles. The predicted octanol–water partition coefficient (Wildman–Crippen LogP) is 3.35. The number of benzene rings is 2. The van der Waals surface area contributed by atoms with E-state index in [4.69, 9.17) is 5.73 Å². The summed E-state index contributed by atoms with van der Waals surface area (Å²) in [5, 5.41) is 0. The standard InChI is InChI=1S/C21H25N3O/c1-4-15-8-10-16(11-9-15)17-6-5-7-18(12-17)21(2)13-19(14-25)24(3)20(22)23-21/h5-12,14,19H,4,13H2,1-3H3,(H2,22,23). The lowest BCUT2D eigenvalue weighted by atomic mass is 9.83. The molecule has 0 fully saturated rings. The highest BCUT2D eigenvalue weighted by atomic mass is 16.1. The maximum atomic E-state index is 11.4. The average Bonchev–Trinajstić information content (AvgIpc) is 2.65. The normalized spacial score (nSPS) is 23.2. The minimum Gasteiger partial charge on any atom is -0.370 e. The van der Waals surface area contributed by atoms with Gasteiger partial charge in [0.2, 0.25) is 0 Å². The SMILES string of the molecule is CCc1ccc(-c2cccc(C3(C)CC(C=O)N(C)C(N)=N3)c2)cc1. The van der Waals surface area contributed by atoms with Crippen molar-refractivity contribution in [3.8, 4) is 11.1 Å². The lowest BCUT2D eigenvalue weighted by molar-refractivity contribution is -0.111. The predicted molar refractivity (Wildman–Crippen MR) is 102 cm³/mol. The summed E-state index contributed by atoms with van der Waals surface area (Å²) in [6, 6.07) is 16.8. The first kappa shape index (κ1) is 17.2. The summed E-state index contributed by atoms with van der Waals surface area (Å²) in [7, 11) is 1.81. The number of carbonyl (C=O) groups is 1. The molecule has 0 spiro atoms. The van der Waals surface area contributed by atoms with Gasteiger partial charge in [0.1, 0.15) is 6.29 Å². The van der Waals surface area contributed by atoms with E-state index in [0.717, 1.165) is 23.8 Å². The molecule has 2 unspecified atom stereocenters. The van der Waals surface area contributed by atoms with Crippen LogP contribution in [0.4, 0.5) is 0 Å². The Morgan fingerprint density at radius 1 is 1.24 bits per heavy atom. The van der Waals surface area contributed by atoms with Gasteiger partial charge in [0.15, 0.2) is 5.96 Å². The molecule has 1 aliphatic heterocycles. The van der Waals surface area contributed by atoms with Gasteiger partial charge in [0.25, 0.3) is 0 Å². The number of carbonyl (C=O) groups excluding carboxylic acids is 1. The summed E-state index contributed by atoms with van der Waals surface area (Å²) in [6.45, 7) is 4.20. The van der Waals surface area contributed by atoms with Crippen molar-refractivity contribution in [1.29, 1.82) is 0 Å². The number of aldehydes is 1. The van der Waals surface area contributed by atoms with Crippen LogP contribution >= 0.6 is 0 Å². The largest absolute Gasteiger partial charge is 0.370 e. The van der Waals surface area contributed by atoms with Gasteiger partial charge in [-0.15, -0.1) is 0 Å². The van der Waals surface area contributed by atoms with Crippen LogP contribution in [0.2, 0.25) is 0 Å². The van der Waals surface area contributed by atoms with Crippen LogP contribution in [0.25, 0.3) is 11.1 Å². The van der Waals surface area contributed by atoms with E-state index in [9.17, 15) is 4.79 Å². The average molecular weight is 335 g/mol. The molecule has 130 valence electrons. The van der Waals surface area contributed by atoms with Crippen molar-refractivity contribution < 1.29 is 4.79 Å². The number of aryl methyl sites for hydroxylation is 1. The molecule has 0 amide bonds. The Balaban J connectivity index is 1.99. The molecule has 0 aromatic heterocycles. The minimum atomic E-state index is -0.498. The van der Waals surface area contributed by atoms with Crippen LogP contribution in [-0.2, 0) is 16.8 Å². The van der Waals surface area contributed by atoms with Crippen LogP contribution in [0.15, 0.2) is 53.5 Å². The summed E-state index contributed by atoms with van der Waals surface area (Å²) >= 11 is 0. The summed E-state index contributed by atoms with van der Waals surface area (Å²) in [5.41, 5.74) is 10.3. The van der Waals surface area contributed by atoms with Gasteiger partial charge < -0.3 is 15.4 Å². The first-order valence-corrected chi connectivity index (χ1v) is 8.70. The van der Waals surface area contributed by atoms with E-state index in [-0.39, 0.29) is 6.04 Å². The van der Waals surface area contributed by atoms with E-state index in [1.165, 1.54) is 11.1 Å². The molecule has 0 bridgehead atoms. The maximum absolute atomic E-state index is 11.4. The fraction of sp³-hybridized carbons (Fsp3) is 0.333. The second-order valence-electron chi connectivity index (χ2n) is 6.89. The van der Waals surface area contributed by atoms with Crippen LogP contribution in [0.1, 0.15) is 31.4 Å². The first-order valence-electron chi connectivity index (χ1n) is 8.70. The van der Waals surface area contributed by atoms with Crippen molar-refractivity contribution in [3.05, 3.63) is 59.7 Å². The van der Waals surface area contributed by atoms with Crippen LogP contribution in [-0.4, -0.2) is 30.2 Å². The molecule has 0 radical (unpaired) electrons. The Hall–Kier alpha value is -2.62. The van der Waals surface area contributed by atoms with Crippen molar-refractivity contribution in [2.45, 2.75) is 38.3 Å². The Bertz CT molecular complexity index is 797. The number of aliphatic imine (C=N–C) groups is 1. The van der Waals surface area contributed by atoms with Crippen molar-refractivity contribution in [2.24, 2.45) is 10.7 Å². The topological polar surface area (TPSA) is 58.7 Å². The molecule has 4 heteroatoms. The fourth-order valence-electron chi connectivity index (χ4n) is 3.38. The molecule has 1 aliphatic rings. The Labute approximate surface area is 149 Å². The summed E-state index contributed by atoms with van der Waals surface area (Å²) in [6.07, 6.45) is 2.60. The lowest BCUT2D eigenvalue weighted by Crippen LogP contribution is -2.50. The third-order valence-corrected chi connectivity index (χ3v) is 5.16. The zero-order valence-electron chi connectivity index (χ0n) is 15.1. The van der Waals surface area contributed by atoms with Crippen LogP contribution in [0, 0.1) is 0 Å². The van der Waals surface area contributed by atoms with E-state index in [2.05, 4.69) is 54.4 Å². The first-order chi connectivity index (χ1) is 12.0. The van der Waals surface area contributed by atoms with Gasteiger partial charge >= 0.3 is 0 Å². The zero-order chi connectivity index (χ0) is 18.0. The molecule has 4 nitrogen and oxygen atoms in total. The van der Waals surface area contributed by atoms with E-state index in [1.54, 1.807) is 4.90 Å². The summed E-state index contributed by atoms with van der Waals surface area (Å²) in [5.74, 6) is 0.406. The molecular formula is C21H25N3O. The van der Waals surface area contributed by atoms with E-state index in [1.807, 2.05) is 20.0 Å². The molecule has 2 aromatic carbocycles. The second-order valence-corrected chi connectivity index (χ2v) is 6.89. The van der Waals surface area contributed by atoms with Gasteiger partial charge in [-0.05, 0) is 41.7 Å². The smallest absolute Gasteiger partial charge is 0.192 e. The highest BCUT2D eigenvalue weighted by molar-refractivity contribution is 5.83. The number of hydrogen-bond donors (Lipinski definition) is 1. The number of hydrogen-bond acceptors (Lipinski definition) is 4. The molecule has 2 atom stereocenters. The number of likely N-dealkylation sites (N-methyl/N-ethyl adjacent to an activating group) is 1. The van der Waals surface area contributed by atoms with Crippen molar-refractivity contribution in [2.75, 3.05) is 7.05 Å². The number of nitrogens with zero attached hydrogens (tertiary/aromatic N) is 2. The van der Waals surface area contributed by atoms with Gasteiger partial charge in [-0.3, -0.25) is 0 Å². The maximum Gasteiger partial charge on any atom is 0.192 e. The van der Waals surface area contributed by atoms with Crippen LogP contribution < -0.4 is 5.73 Å². The molecule has 3 rings (SSSR count). The third kappa shape index (κ3) is 3.29. The van der Waals surface area contributed by atoms with Crippen molar-refractivity contribution in [3.63, 3.8) is 0 Å². The van der Waals surface area contributed by atoms with Gasteiger partial charge in [-0.2, -0.15) is 0 Å². The van der Waals surface area contributed by atoms with E-state index >= 15 is 0 Å².